The molecule has 1 amide bonds. The van der Waals surface area contributed by atoms with Crippen molar-refractivity contribution >= 4 is 17.6 Å². The first kappa shape index (κ1) is 20.9. The molecule has 2 aromatic carbocycles. The summed E-state index contributed by atoms with van der Waals surface area (Å²) in [5.74, 6) is -1.31. The first-order valence-corrected chi connectivity index (χ1v) is 9.94. The average Bonchev–Trinajstić information content (AvgIpc) is 2.70. The summed E-state index contributed by atoms with van der Waals surface area (Å²) in [6.07, 6.45) is -0.627. The quantitative estimate of drug-likeness (QED) is 0.698. The highest BCUT2D eigenvalue weighted by Crippen LogP contribution is 2.36. The molecule has 0 radical (unpaired) electrons. The summed E-state index contributed by atoms with van der Waals surface area (Å²) in [7, 11) is 0. The predicted molar refractivity (Wildman–Crippen MR) is 112 cm³/mol. The van der Waals surface area contributed by atoms with Crippen LogP contribution >= 0.6 is 0 Å². The van der Waals surface area contributed by atoms with Crippen LogP contribution in [0.1, 0.15) is 36.2 Å². The molecular formula is C23H28N2O4. The molecule has 0 aliphatic carbocycles. The van der Waals surface area contributed by atoms with Gasteiger partial charge < -0.3 is 20.4 Å². The molecule has 3 N–H and O–H groups in total. The Morgan fingerprint density at radius 3 is 2.45 bits per heavy atom. The summed E-state index contributed by atoms with van der Waals surface area (Å²) in [4.78, 5) is 27.1. The number of amides is 1. The Labute approximate surface area is 171 Å². The van der Waals surface area contributed by atoms with Crippen molar-refractivity contribution in [2.24, 2.45) is 5.41 Å². The molecule has 1 heterocycles. The second-order valence-corrected chi connectivity index (χ2v) is 8.00. The lowest BCUT2D eigenvalue weighted by Crippen LogP contribution is -2.58. The molecule has 0 unspecified atom stereocenters. The molecule has 29 heavy (non-hydrogen) atoms. The van der Waals surface area contributed by atoms with E-state index in [0.29, 0.717) is 12.1 Å². The van der Waals surface area contributed by atoms with Gasteiger partial charge in [0, 0.05) is 24.8 Å². The highest BCUT2D eigenvalue weighted by molar-refractivity contribution is 6.00. The Morgan fingerprint density at radius 1 is 1.14 bits per heavy atom. The number of aliphatic carboxylic acids is 1. The van der Waals surface area contributed by atoms with Gasteiger partial charge in [-0.1, -0.05) is 42.5 Å². The van der Waals surface area contributed by atoms with Crippen LogP contribution in [-0.4, -0.2) is 52.2 Å². The number of carbonyl (C=O) groups is 2. The SMILES string of the molecule is CC(C)Nc1ccccc1C(=O)N1CC[C@@H](O)[C@](Cc2ccccc2)(C(=O)O)C1. The number of piperidine rings is 1. The number of para-hydroxylation sites is 1. The van der Waals surface area contributed by atoms with Crippen molar-refractivity contribution in [1.29, 1.82) is 0 Å². The Hall–Kier alpha value is -2.86. The number of likely N-dealkylation sites (tertiary alicyclic amines) is 1. The van der Waals surface area contributed by atoms with Crippen molar-refractivity contribution in [3.63, 3.8) is 0 Å². The Kier molecular flexibility index (Phi) is 6.23. The topological polar surface area (TPSA) is 89.9 Å². The molecule has 0 bridgehead atoms. The number of rotatable bonds is 6. The summed E-state index contributed by atoms with van der Waals surface area (Å²) < 4.78 is 0. The van der Waals surface area contributed by atoms with E-state index in [2.05, 4.69) is 5.32 Å². The van der Waals surface area contributed by atoms with E-state index < -0.39 is 17.5 Å². The zero-order valence-corrected chi connectivity index (χ0v) is 16.8. The normalized spacial score (nSPS) is 21.8. The van der Waals surface area contributed by atoms with Gasteiger partial charge in [0.05, 0.1) is 11.7 Å². The van der Waals surface area contributed by atoms with Crippen LogP contribution in [-0.2, 0) is 11.2 Å². The lowest BCUT2D eigenvalue weighted by Gasteiger charge is -2.43. The Balaban J connectivity index is 1.90. The fraction of sp³-hybridized carbons (Fsp3) is 0.391. The standard InChI is InChI=1S/C23H28N2O4/c1-16(2)24-19-11-7-6-10-18(19)21(27)25-13-12-20(26)23(15-25,22(28)29)14-17-8-4-3-5-9-17/h3-11,16,20,24,26H,12-15H2,1-2H3,(H,28,29)/t20-,23-/m1/s1. The number of benzene rings is 2. The Morgan fingerprint density at radius 2 is 1.79 bits per heavy atom. The lowest BCUT2D eigenvalue weighted by atomic mass is 9.72. The van der Waals surface area contributed by atoms with E-state index in [1.165, 1.54) is 0 Å². The molecule has 154 valence electrons. The number of hydrogen-bond acceptors (Lipinski definition) is 4. The highest BCUT2D eigenvalue weighted by Gasteiger charge is 2.50. The van der Waals surface area contributed by atoms with Crippen molar-refractivity contribution in [1.82, 2.24) is 4.90 Å². The summed E-state index contributed by atoms with van der Waals surface area (Å²) in [6, 6.07) is 16.7. The van der Waals surface area contributed by atoms with Gasteiger partial charge in [-0.3, -0.25) is 9.59 Å². The zero-order chi connectivity index (χ0) is 21.0. The van der Waals surface area contributed by atoms with Crippen LogP contribution in [0.5, 0.6) is 0 Å². The van der Waals surface area contributed by atoms with Gasteiger partial charge in [0.15, 0.2) is 0 Å². The number of nitrogens with one attached hydrogen (secondary N) is 1. The molecule has 1 aliphatic heterocycles. The minimum atomic E-state index is -1.43. The first-order valence-electron chi connectivity index (χ1n) is 9.94. The zero-order valence-electron chi connectivity index (χ0n) is 16.8. The van der Waals surface area contributed by atoms with Crippen LogP contribution in [0.2, 0.25) is 0 Å². The van der Waals surface area contributed by atoms with Crippen LogP contribution in [0.15, 0.2) is 54.6 Å². The van der Waals surface area contributed by atoms with Gasteiger partial charge in [0.2, 0.25) is 0 Å². The number of anilines is 1. The van der Waals surface area contributed by atoms with E-state index in [-0.39, 0.29) is 31.3 Å². The van der Waals surface area contributed by atoms with Crippen molar-refractivity contribution in [3.8, 4) is 0 Å². The molecule has 3 rings (SSSR count). The van der Waals surface area contributed by atoms with Gasteiger partial charge in [-0.2, -0.15) is 0 Å². The second-order valence-electron chi connectivity index (χ2n) is 8.00. The van der Waals surface area contributed by atoms with Crippen molar-refractivity contribution < 1.29 is 19.8 Å². The summed E-state index contributed by atoms with van der Waals surface area (Å²) >= 11 is 0. The van der Waals surface area contributed by atoms with E-state index in [1.54, 1.807) is 17.0 Å². The minimum Gasteiger partial charge on any atom is -0.481 e. The molecule has 2 aromatic rings. The van der Waals surface area contributed by atoms with Crippen molar-refractivity contribution in [2.75, 3.05) is 18.4 Å². The van der Waals surface area contributed by atoms with E-state index in [4.69, 9.17) is 0 Å². The molecule has 0 spiro atoms. The molecule has 6 heteroatoms. The van der Waals surface area contributed by atoms with Crippen LogP contribution in [0.3, 0.4) is 0 Å². The van der Waals surface area contributed by atoms with E-state index in [1.807, 2.05) is 56.3 Å². The molecule has 0 saturated carbocycles. The summed E-state index contributed by atoms with van der Waals surface area (Å²) in [5.41, 5.74) is 0.625. The van der Waals surface area contributed by atoms with Crippen molar-refractivity contribution in [3.05, 3.63) is 65.7 Å². The van der Waals surface area contributed by atoms with Crippen LogP contribution in [0.4, 0.5) is 5.69 Å². The molecule has 0 aromatic heterocycles. The molecule has 1 fully saturated rings. The summed E-state index contributed by atoms with van der Waals surface area (Å²) in [6.45, 7) is 4.27. The number of hydrogen-bond donors (Lipinski definition) is 3. The largest absolute Gasteiger partial charge is 0.481 e. The third kappa shape index (κ3) is 4.43. The minimum absolute atomic E-state index is 0.0345. The smallest absolute Gasteiger partial charge is 0.314 e. The average molecular weight is 396 g/mol. The third-order valence-electron chi connectivity index (χ3n) is 5.46. The number of aliphatic hydroxyl groups is 1. The predicted octanol–water partition coefficient (Wildman–Crippen LogP) is 3.03. The number of nitrogens with zero attached hydrogens (tertiary/aromatic N) is 1. The van der Waals surface area contributed by atoms with Gasteiger partial charge >= 0.3 is 5.97 Å². The fourth-order valence-corrected chi connectivity index (χ4v) is 3.95. The number of aliphatic hydroxyl groups excluding tert-OH is 1. The van der Waals surface area contributed by atoms with Gasteiger partial charge in [-0.15, -0.1) is 0 Å². The molecule has 6 nitrogen and oxygen atoms in total. The second kappa shape index (κ2) is 8.66. The maximum atomic E-state index is 13.3. The van der Waals surface area contributed by atoms with Crippen LogP contribution < -0.4 is 5.32 Å². The van der Waals surface area contributed by atoms with Crippen LogP contribution in [0, 0.1) is 5.41 Å². The molecule has 2 atom stereocenters. The van der Waals surface area contributed by atoms with E-state index in [9.17, 15) is 19.8 Å². The van der Waals surface area contributed by atoms with Gasteiger partial charge in [-0.05, 0) is 44.4 Å². The van der Waals surface area contributed by atoms with Crippen LogP contribution in [0.25, 0.3) is 0 Å². The number of carbonyl (C=O) groups excluding carboxylic acids is 1. The van der Waals surface area contributed by atoms with E-state index >= 15 is 0 Å². The number of carboxylic acid groups (broad SMARTS) is 1. The fourth-order valence-electron chi connectivity index (χ4n) is 3.95. The molecule has 1 saturated heterocycles. The van der Waals surface area contributed by atoms with Gasteiger partial charge in [0.1, 0.15) is 5.41 Å². The lowest BCUT2D eigenvalue weighted by molar-refractivity contribution is -0.161. The maximum Gasteiger partial charge on any atom is 0.314 e. The first-order chi connectivity index (χ1) is 13.8. The molecular weight excluding hydrogens is 368 g/mol. The summed E-state index contributed by atoms with van der Waals surface area (Å²) in [5, 5.41) is 24.0. The number of carboxylic acids is 1. The monoisotopic (exact) mass is 396 g/mol. The highest BCUT2D eigenvalue weighted by atomic mass is 16.4. The van der Waals surface area contributed by atoms with Gasteiger partial charge in [0.25, 0.3) is 5.91 Å². The third-order valence-corrected chi connectivity index (χ3v) is 5.46. The van der Waals surface area contributed by atoms with E-state index in [0.717, 1.165) is 11.3 Å². The Bertz CT molecular complexity index is 868. The van der Waals surface area contributed by atoms with Gasteiger partial charge in [-0.25, -0.2) is 0 Å². The van der Waals surface area contributed by atoms with Crippen molar-refractivity contribution in [2.45, 2.75) is 38.8 Å². The molecule has 1 aliphatic rings. The maximum absolute atomic E-state index is 13.3.